The van der Waals surface area contributed by atoms with Crippen LogP contribution in [0.15, 0.2) is 383 Å². The fraction of sp³-hybridized carbons (Fsp3) is 0.157. The van der Waals surface area contributed by atoms with E-state index in [1.165, 1.54) is 45.1 Å². The number of aromatic nitrogens is 18. The fourth-order valence-electron chi connectivity index (χ4n) is 13.0. The Morgan fingerprint density at radius 3 is 1.18 bits per heavy atom. The predicted octanol–water partition coefficient (Wildman–Crippen LogP) is 19.0. The predicted molar refractivity (Wildman–Crippen MR) is 570 cm³/mol. The van der Waals surface area contributed by atoms with Crippen molar-refractivity contribution in [3.05, 3.63) is 353 Å². The first-order valence-electron chi connectivity index (χ1n) is 44.8. The van der Waals surface area contributed by atoms with E-state index in [0.717, 1.165) is 91.7 Å². The number of allylic oxidation sites excluding steroid dienone is 1. The minimum absolute atomic E-state index is 0.0389. The van der Waals surface area contributed by atoms with Crippen molar-refractivity contribution in [1.82, 2.24) is 89.0 Å². The second-order valence-corrected chi connectivity index (χ2v) is 37.1. The highest BCUT2D eigenvalue weighted by atomic mass is 32.2. The van der Waals surface area contributed by atoms with Crippen molar-refractivity contribution in [3.63, 3.8) is 0 Å². The second-order valence-electron chi connectivity index (χ2n) is 30.7. The lowest BCUT2D eigenvalue weighted by molar-refractivity contribution is -0.129. The van der Waals surface area contributed by atoms with Gasteiger partial charge in [-0.25, -0.2) is 13.2 Å². The van der Waals surface area contributed by atoms with Crippen LogP contribution < -0.4 is 31.5 Å². The Labute approximate surface area is 871 Å². The minimum atomic E-state index is -3.71. The lowest BCUT2D eigenvalue weighted by Gasteiger charge is -2.19. The number of nitrogens with zero attached hydrogens (tertiary/aromatic N) is 23. The molecule has 0 saturated carbocycles. The number of carbonyl (C=O) groups excluding carboxylic acids is 6. The normalized spacial score (nSPS) is 12.5. The fourth-order valence-corrected chi connectivity index (χ4v) is 17.7. The summed E-state index contributed by atoms with van der Waals surface area (Å²) >= 11 is 4.98. The van der Waals surface area contributed by atoms with E-state index in [1.807, 2.05) is 137 Å². The van der Waals surface area contributed by atoms with Crippen LogP contribution in [0.25, 0.3) is 45.6 Å². The van der Waals surface area contributed by atoms with Crippen LogP contribution in [-0.2, 0) is 60.7 Å². The molecule has 5 N–H and O–H groups in total. The van der Waals surface area contributed by atoms with Gasteiger partial charge >= 0.3 is 11.2 Å². The summed E-state index contributed by atoms with van der Waals surface area (Å²) in [5.41, 5.74) is 4.59. The average molecular weight is 2110 g/mol. The van der Waals surface area contributed by atoms with Gasteiger partial charge in [-0.15, -0.1) is 57.6 Å². The van der Waals surface area contributed by atoms with E-state index in [1.54, 1.807) is 235 Å². The van der Waals surface area contributed by atoms with Crippen LogP contribution in [0.1, 0.15) is 30.9 Å². The lowest BCUT2D eigenvalue weighted by Crippen LogP contribution is -2.32. The van der Waals surface area contributed by atoms with Crippen molar-refractivity contribution in [2.75, 3.05) is 58.0 Å². The molecule has 0 saturated heterocycles. The maximum Gasteiger partial charge on any atom is 0.378 e. The molecule has 46 heteroatoms. The molecule has 18 rings (SSSR count). The number of para-hydroxylation sites is 6. The topological polar surface area (TPSA) is 425 Å². The van der Waals surface area contributed by atoms with Gasteiger partial charge in [0.15, 0.2) is 43.9 Å². The Morgan fingerprint density at radius 1 is 0.412 bits per heavy atom. The van der Waals surface area contributed by atoms with Crippen molar-refractivity contribution >= 4 is 162 Å². The molecule has 148 heavy (non-hydrogen) atoms. The standard InChI is InChI=1S/C19H21N5O2S.C18H17N5OS.C17H16FN5OS.C16H13F2N5OS.2C16H13FN4OS/c1-3-24-17(14-8-7-11-20-12-14)22-23-19(24)27-16(13-26-2)18(25)21-15-9-5-4-6-10-15;1-2-11-23-17(14-7-6-10-19-12-14)21-22-18(23)25-13-16(24)20-15-8-4-3-5-9-15;1-22(13-8-4-3-5-9-13)16(24)14(18)25-17-21-20-15(23(17)2)12-7-6-10-19-11-12;1-23-13(11-6-5-9-19-10-11)21-22-15(23)25-16(17,18)14(24)20-12-7-3-2-4-8-12;2*17-15(16(22)19-12-6-2-1-3-7-12)23-14-9-13(20-21-14)11-5-4-8-18-10-11/h4-12,16H,3,13H2,1-2H3,(H,21,25);2-10,12H,1,11,13H2,(H,20,24);3-11,14H,1-2H3;2-10H,1H3,(H,20,24);2*1-8,10,15H,9H2,(H,19,22). The molecule has 10 aromatic heterocycles. The Morgan fingerprint density at radius 2 is 0.770 bits per heavy atom. The number of halogens is 5. The summed E-state index contributed by atoms with van der Waals surface area (Å²) < 4.78 is 83.3. The monoisotopic (exact) mass is 2110 g/mol. The summed E-state index contributed by atoms with van der Waals surface area (Å²) in [5.74, 6) is -1.09. The van der Waals surface area contributed by atoms with Crippen molar-refractivity contribution in [2.24, 2.45) is 34.5 Å². The van der Waals surface area contributed by atoms with Crippen LogP contribution in [0.2, 0.25) is 0 Å². The highest BCUT2D eigenvalue weighted by molar-refractivity contribution is 8.15. The van der Waals surface area contributed by atoms with E-state index in [-0.39, 0.29) is 41.1 Å². The van der Waals surface area contributed by atoms with E-state index in [0.29, 0.717) is 97.3 Å². The maximum absolute atomic E-state index is 14.5. The molecule has 4 unspecified atom stereocenters. The Bertz CT molecular complexity index is 7000. The Kier molecular flexibility index (Phi) is 41.4. The highest BCUT2D eigenvalue weighted by Gasteiger charge is 2.43. The highest BCUT2D eigenvalue weighted by Crippen LogP contribution is 2.38. The molecule has 0 bridgehead atoms. The second kappa shape index (κ2) is 56.3. The number of methoxy groups -OCH3 is 1. The van der Waals surface area contributed by atoms with E-state index in [2.05, 4.69) is 124 Å². The van der Waals surface area contributed by atoms with Crippen LogP contribution in [0.5, 0.6) is 0 Å². The summed E-state index contributed by atoms with van der Waals surface area (Å²) in [6.07, 6.45) is 22.6. The summed E-state index contributed by atoms with van der Waals surface area (Å²) in [7, 11) is 6.40. The smallest absolute Gasteiger partial charge is 0.378 e. The maximum atomic E-state index is 14.5. The molecule has 4 atom stereocenters. The number of alkyl halides is 5. The zero-order chi connectivity index (χ0) is 104. The third-order valence-electron chi connectivity index (χ3n) is 20.3. The number of amides is 6. The molecule has 12 heterocycles. The quantitative estimate of drug-likeness (QED) is 0.0145. The van der Waals surface area contributed by atoms with Crippen LogP contribution in [0, 0.1) is 0 Å². The van der Waals surface area contributed by atoms with Crippen LogP contribution >= 0.6 is 70.6 Å². The van der Waals surface area contributed by atoms with Gasteiger partial charge in [0.1, 0.15) is 15.3 Å². The summed E-state index contributed by atoms with van der Waals surface area (Å²) in [6.45, 7) is 7.30. The van der Waals surface area contributed by atoms with Crippen molar-refractivity contribution < 1.29 is 55.5 Å². The molecule has 2 aliphatic rings. The number of anilines is 6. The van der Waals surface area contributed by atoms with Crippen LogP contribution in [0.3, 0.4) is 0 Å². The molecule has 6 aromatic carbocycles. The van der Waals surface area contributed by atoms with Gasteiger partial charge in [-0.3, -0.25) is 63.2 Å². The van der Waals surface area contributed by atoms with E-state index in [4.69, 9.17) is 4.74 Å². The number of pyridine rings is 6. The number of rotatable bonds is 33. The number of hydrogen-bond donors (Lipinski definition) is 5. The summed E-state index contributed by atoms with van der Waals surface area (Å²) in [5, 5.41) is 60.0. The number of ether oxygens (including phenoxy) is 1. The first-order valence-corrected chi connectivity index (χ1v) is 50.2. The molecule has 0 aliphatic carbocycles. The van der Waals surface area contributed by atoms with Gasteiger partial charge in [0, 0.05) is 196 Å². The van der Waals surface area contributed by atoms with Gasteiger partial charge in [0.2, 0.25) is 28.3 Å². The third-order valence-corrected chi connectivity index (χ3v) is 26.2. The Hall–Kier alpha value is -16.3. The first-order chi connectivity index (χ1) is 72.0. The molecule has 0 fully saturated rings. The van der Waals surface area contributed by atoms with Crippen molar-refractivity contribution in [2.45, 2.75) is 80.5 Å². The van der Waals surface area contributed by atoms with Gasteiger partial charge in [-0.2, -0.15) is 19.0 Å². The van der Waals surface area contributed by atoms with Gasteiger partial charge in [0.25, 0.3) is 17.7 Å². The van der Waals surface area contributed by atoms with E-state index < -0.39 is 50.6 Å². The minimum Gasteiger partial charge on any atom is -0.383 e. The lowest BCUT2D eigenvalue weighted by atomic mass is 10.1. The third kappa shape index (κ3) is 32.4. The molecule has 6 amide bonds. The molecule has 0 spiro atoms. The molecular formula is C102H93F5N28O7S6. The zero-order valence-corrected chi connectivity index (χ0v) is 84.4. The van der Waals surface area contributed by atoms with E-state index >= 15 is 0 Å². The SMILES string of the molecule is C=CCn1c(SCC(=O)Nc2ccccc2)nnc1-c1cccnc1.CCn1c(SC(COC)C(=O)Nc2ccccc2)nnc1-c1cccnc1.CN(C(=O)C(F)Sc1nnc(-c2cccnc2)n1C)c1ccccc1.Cn1c(SC(F)(F)C(=O)Nc2ccccc2)nnc1-c1cccnc1.O=C(Nc1ccccc1)C(F)SC1=NN=C(c2cccnc2)C1.O=C(Nc1ccccc1)C(F)SC1=NN=C(c2cccnc2)C1. The number of hydrogen-bond acceptors (Lipinski definition) is 31. The molecule has 16 aromatic rings. The largest absolute Gasteiger partial charge is 0.383 e. The number of benzene rings is 6. The number of nitrogens with one attached hydrogen (secondary N) is 5. The zero-order valence-electron chi connectivity index (χ0n) is 79.5. The average Bonchev–Trinajstić information content (AvgIpc) is 1.63. The van der Waals surface area contributed by atoms with Gasteiger partial charge in [-0.05, 0) is 176 Å². The van der Waals surface area contributed by atoms with Gasteiger partial charge in [-0.1, -0.05) is 162 Å². The summed E-state index contributed by atoms with van der Waals surface area (Å²) in [6, 6.07) is 75.2. The number of carbonyl (C=O) groups is 6. The Balaban J connectivity index is 0.000000148. The van der Waals surface area contributed by atoms with Crippen LogP contribution in [-0.4, -0.2) is 199 Å². The van der Waals surface area contributed by atoms with Crippen LogP contribution in [0.4, 0.5) is 56.1 Å². The molecule has 35 nitrogen and oxygen atoms in total. The molecular weight excluding hydrogens is 2020 g/mol. The molecule has 0 radical (unpaired) electrons. The van der Waals surface area contributed by atoms with E-state index in [9.17, 15) is 50.7 Å². The van der Waals surface area contributed by atoms with Gasteiger partial charge in [0.05, 0.1) is 23.8 Å². The molecule has 2 aliphatic heterocycles. The molecule has 754 valence electrons. The number of thioether (sulfide) groups is 6. The summed E-state index contributed by atoms with van der Waals surface area (Å²) in [4.78, 5) is 98.2. The van der Waals surface area contributed by atoms with Gasteiger partial charge < -0.3 is 49.9 Å². The van der Waals surface area contributed by atoms with Crippen molar-refractivity contribution in [3.8, 4) is 45.6 Å². The van der Waals surface area contributed by atoms with Crippen molar-refractivity contribution in [1.29, 1.82) is 0 Å². The first kappa shape index (κ1) is 109.